The standard InChI is InChI=1S/C33H40FN3O4S/c1-36(42(40,41)29-19-9-4-10-20-29)23-13-22-32(38)37(25-27-16-11-12-21-30(27)34)31(24-26-14-5-2-6-15-26)33(39)35-28-17-7-3-8-18-28/h2,4-6,9-12,14-16,19-21,28,31H,3,7-8,13,17-18,22-25H2,1H3,(H,35,39)/t31-/m1/s1. The molecule has 4 rings (SSSR count). The van der Waals surface area contributed by atoms with Crippen LogP contribution >= 0.6 is 0 Å². The fraction of sp³-hybridized carbons (Fsp3) is 0.394. The summed E-state index contributed by atoms with van der Waals surface area (Å²) >= 11 is 0. The quantitative estimate of drug-likeness (QED) is 0.291. The molecule has 1 saturated carbocycles. The van der Waals surface area contributed by atoms with E-state index in [1.54, 1.807) is 36.4 Å². The molecule has 0 spiro atoms. The first kappa shape index (κ1) is 31.4. The molecule has 1 fully saturated rings. The van der Waals surface area contributed by atoms with Gasteiger partial charge in [0.1, 0.15) is 11.9 Å². The molecule has 3 aromatic carbocycles. The lowest BCUT2D eigenvalue weighted by Gasteiger charge is -2.33. The summed E-state index contributed by atoms with van der Waals surface area (Å²) in [6.07, 6.45) is 5.56. The Bertz CT molecular complexity index is 1410. The summed E-state index contributed by atoms with van der Waals surface area (Å²) < 4.78 is 41.9. The van der Waals surface area contributed by atoms with Crippen molar-refractivity contribution in [2.24, 2.45) is 0 Å². The first-order chi connectivity index (χ1) is 20.3. The molecule has 1 aliphatic carbocycles. The molecule has 0 aliphatic heterocycles. The highest BCUT2D eigenvalue weighted by Crippen LogP contribution is 2.21. The third kappa shape index (κ3) is 8.49. The summed E-state index contributed by atoms with van der Waals surface area (Å²) in [7, 11) is -2.22. The Morgan fingerprint density at radius 2 is 1.52 bits per heavy atom. The van der Waals surface area contributed by atoms with Crippen LogP contribution in [0.2, 0.25) is 0 Å². The van der Waals surface area contributed by atoms with Gasteiger partial charge in [0.25, 0.3) is 0 Å². The van der Waals surface area contributed by atoms with Gasteiger partial charge >= 0.3 is 0 Å². The van der Waals surface area contributed by atoms with E-state index < -0.39 is 21.9 Å². The number of sulfonamides is 1. The van der Waals surface area contributed by atoms with Crippen molar-refractivity contribution in [3.8, 4) is 0 Å². The monoisotopic (exact) mass is 593 g/mol. The normalized spacial score (nSPS) is 14.8. The summed E-state index contributed by atoms with van der Waals surface area (Å²) in [5.74, 6) is -1.03. The second-order valence-corrected chi connectivity index (χ2v) is 13.0. The maximum atomic E-state index is 14.8. The van der Waals surface area contributed by atoms with Gasteiger partial charge in [-0.3, -0.25) is 9.59 Å². The number of halogens is 1. The zero-order valence-corrected chi connectivity index (χ0v) is 24.9. The Morgan fingerprint density at radius 3 is 2.19 bits per heavy atom. The first-order valence-electron chi connectivity index (χ1n) is 14.6. The van der Waals surface area contributed by atoms with E-state index in [1.165, 1.54) is 34.5 Å². The van der Waals surface area contributed by atoms with Crippen molar-refractivity contribution < 1.29 is 22.4 Å². The minimum Gasteiger partial charge on any atom is -0.352 e. The van der Waals surface area contributed by atoms with Crippen LogP contribution < -0.4 is 5.32 Å². The minimum absolute atomic E-state index is 0.00506. The van der Waals surface area contributed by atoms with Crippen LogP contribution in [0.15, 0.2) is 89.8 Å². The number of nitrogens with one attached hydrogen (secondary N) is 1. The maximum Gasteiger partial charge on any atom is 0.243 e. The SMILES string of the molecule is CN(CCCC(=O)N(Cc1ccccc1F)[C@H](Cc1ccccc1)C(=O)NC1CCCCC1)S(=O)(=O)c1ccccc1. The Kier molecular flexibility index (Phi) is 11.3. The highest BCUT2D eigenvalue weighted by molar-refractivity contribution is 7.89. The zero-order valence-electron chi connectivity index (χ0n) is 24.1. The van der Waals surface area contributed by atoms with Crippen molar-refractivity contribution >= 4 is 21.8 Å². The van der Waals surface area contributed by atoms with Crippen LogP contribution in [0.3, 0.4) is 0 Å². The molecule has 0 saturated heterocycles. The number of rotatable bonds is 13. The summed E-state index contributed by atoms with van der Waals surface area (Å²) in [5, 5.41) is 3.17. The van der Waals surface area contributed by atoms with Crippen molar-refractivity contribution in [1.82, 2.24) is 14.5 Å². The van der Waals surface area contributed by atoms with Crippen LogP contribution in [0.4, 0.5) is 4.39 Å². The van der Waals surface area contributed by atoms with E-state index in [-0.39, 0.29) is 55.1 Å². The van der Waals surface area contributed by atoms with Crippen LogP contribution in [0.5, 0.6) is 0 Å². The smallest absolute Gasteiger partial charge is 0.243 e. The van der Waals surface area contributed by atoms with E-state index in [2.05, 4.69) is 5.32 Å². The van der Waals surface area contributed by atoms with Crippen molar-refractivity contribution in [1.29, 1.82) is 0 Å². The lowest BCUT2D eigenvalue weighted by molar-refractivity contribution is -0.141. The lowest BCUT2D eigenvalue weighted by atomic mass is 9.94. The second-order valence-electron chi connectivity index (χ2n) is 10.9. The Balaban J connectivity index is 1.55. The van der Waals surface area contributed by atoms with Gasteiger partial charge in [0.2, 0.25) is 21.8 Å². The van der Waals surface area contributed by atoms with Gasteiger partial charge in [-0.15, -0.1) is 0 Å². The van der Waals surface area contributed by atoms with E-state index in [1.807, 2.05) is 30.3 Å². The maximum absolute atomic E-state index is 14.8. The first-order valence-corrected chi connectivity index (χ1v) is 16.1. The predicted molar refractivity (Wildman–Crippen MR) is 161 cm³/mol. The van der Waals surface area contributed by atoms with Crippen LogP contribution in [-0.4, -0.2) is 55.1 Å². The van der Waals surface area contributed by atoms with Gasteiger partial charge in [-0.05, 0) is 43.0 Å². The van der Waals surface area contributed by atoms with Crippen LogP contribution in [0.25, 0.3) is 0 Å². The Labute approximate surface area is 248 Å². The fourth-order valence-electron chi connectivity index (χ4n) is 5.40. The topological polar surface area (TPSA) is 86.8 Å². The van der Waals surface area contributed by atoms with Gasteiger partial charge in [-0.1, -0.05) is 86.0 Å². The lowest BCUT2D eigenvalue weighted by Crippen LogP contribution is -2.53. The minimum atomic E-state index is -3.70. The van der Waals surface area contributed by atoms with Crippen molar-refractivity contribution in [3.05, 3.63) is 102 Å². The number of hydrogen-bond acceptors (Lipinski definition) is 4. The van der Waals surface area contributed by atoms with Gasteiger partial charge in [0.05, 0.1) is 4.90 Å². The average molecular weight is 594 g/mol. The summed E-state index contributed by atoms with van der Waals surface area (Å²) in [6.45, 7) is 0.0490. The predicted octanol–water partition coefficient (Wildman–Crippen LogP) is 5.32. The zero-order chi connectivity index (χ0) is 30.0. The third-order valence-corrected chi connectivity index (χ3v) is 9.71. The molecule has 1 N–H and O–H groups in total. The molecular formula is C33H40FN3O4S. The number of amides is 2. The molecule has 0 heterocycles. The Morgan fingerprint density at radius 1 is 0.905 bits per heavy atom. The molecule has 0 bridgehead atoms. The van der Waals surface area contributed by atoms with E-state index in [9.17, 15) is 22.4 Å². The fourth-order valence-corrected chi connectivity index (χ4v) is 6.63. The molecule has 0 aromatic heterocycles. The molecule has 224 valence electrons. The average Bonchev–Trinajstić information content (AvgIpc) is 3.01. The number of carbonyl (C=O) groups excluding carboxylic acids is 2. The molecule has 2 amide bonds. The largest absolute Gasteiger partial charge is 0.352 e. The van der Waals surface area contributed by atoms with Crippen molar-refractivity contribution in [2.75, 3.05) is 13.6 Å². The van der Waals surface area contributed by atoms with Gasteiger partial charge in [0.15, 0.2) is 0 Å². The molecule has 0 unspecified atom stereocenters. The van der Waals surface area contributed by atoms with E-state index in [4.69, 9.17) is 0 Å². The molecule has 7 nitrogen and oxygen atoms in total. The highest BCUT2D eigenvalue weighted by atomic mass is 32.2. The third-order valence-electron chi connectivity index (χ3n) is 7.84. The van der Waals surface area contributed by atoms with Crippen LogP contribution in [0, 0.1) is 5.82 Å². The van der Waals surface area contributed by atoms with Crippen molar-refractivity contribution in [3.63, 3.8) is 0 Å². The summed E-state index contributed by atoms with van der Waals surface area (Å²) in [4.78, 5) is 29.3. The molecule has 0 radical (unpaired) electrons. The number of carbonyl (C=O) groups is 2. The number of benzene rings is 3. The van der Waals surface area contributed by atoms with Crippen LogP contribution in [-0.2, 0) is 32.6 Å². The van der Waals surface area contributed by atoms with E-state index in [0.717, 1.165) is 37.7 Å². The summed E-state index contributed by atoms with van der Waals surface area (Å²) in [6, 6.07) is 23.1. The van der Waals surface area contributed by atoms with Gasteiger partial charge in [-0.2, -0.15) is 0 Å². The van der Waals surface area contributed by atoms with E-state index >= 15 is 0 Å². The molecule has 9 heteroatoms. The molecule has 1 aliphatic rings. The van der Waals surface area contributed by atoms with Gasteiger partial charge in [-0.25, -0.2) is 17.1 Å². The molecule has 1 atom stereocenters. The highest BCUT2D eigenvalue weighted by Gasteiger charge is 2.32. The Hall–Kier alpha value is -3.56. The summed E-state index contributed by atoms with van der Waals surface area (Å²) in [5.41, 5.74) is 1.21. The van der Waals surface area contributed by atoms with Gasteiger partial charge in [0, 0.05) is 44.6 Å². The van der Waals surface area contributed by atoms with E-state index in [0.29, 0.717) is 5.56 Å². The van der Waals surface area contributed by atoms with Crippen LogP contribution in [0.1, 0.15) is 56.1 Å². The van der Waals surface area contributed by atoms with Crippen molar-refractivity contribution in [2.45, 2.75) is 74.9 Å². The van der Waals surface area contributed by atoms with Gasteiger partial charge < -0.3 is 10.2 Å². The number of hydrogen-bond donors (Lipinski definition) is 1. The number of nitrogens with zero attached hydrogens (tertiary/aromatic N) is 2. The molecule has 42 heavy (non-hydrogen) atoms. The molecule has 3 aromatic rings. The molecular weight excluding hydrogens is 553 g/mol. The second kappa shape index (κ2) is 15.1.